The summed E-state index contributed by atoms with van der Waals surface area (Å²) >= 11 is 6.66. The molecule has 5 nitrogen and oxygen atoms in total. The Morgan fingerprint density at radius 2 is 2.11 bits per heavy atom. The van der Waals surface area contributed by atoms with Crippen LogP contribution < -0.4 is 5.32 Å². The van der Waals surface area contributed by atoms with Crippen LogP contribution in [0.4, 0.5) is 5.82 Å². The first-order valence-corrected chi connectivity index (χ1v) is 6.07. The van der Waals surface area contributed by atoms with Crippen LogP contribution in [-0.2, 0) is 0 Å². The highest BCUT2D eigenvalue weighted by Crippen LogP contribution is 2.18. The third-order valence-corrected chi connectivity index (χ3v) is 3.20. The summed E-state index contributed by atoms with van der Waals surface area (Å²) in [5, 5.41) is 13.4. The summed E-state index contributed by atoms with van der Waals surface area (Å²) in [5.41, 5.74) is 0.115. The van der Waals surface area contributed by atoms with E-state index >= 15 is 0 Å². The molecule has 0 radical (unpaired) electrons. The molecule has 2 N–H and O–H groups in total. The minimum absolute atomic E-state index is 0.00136. The molecule has 0 aliphatic rings. The normalized spacial score (nSPS) is 10.1. The minimum atomic E-state index is -1.13. The molecular weight excluding hydrogens is 276 g/mol. The molecule has 0 saturated heterocycles. The summed E-state index contributed by atoms with van der Waals surface area (Å²) < 4.78 is 0. The molecule has 0 aliphatic carbocycles. The molecule has 0 fully saturated rings. The van der Waals surface area contributed by atoms with Crippen molar-refractivity contribution in [2.24, 2.45) is 0 Å². The highest BCUT2D eigenvalue weighted by atomic mass is 35.5. The van der Waals surface area contributed by atoms with E-state index in [-0.39, 0.29) is 10.4 Å². The van der Waals surface area contributed by atoms with E-state index < -0.39 is 11.9 Å². The average Bonchev–Trinajstić information content (AvgIpc) is 2.81. The lowest BCUT2D eigenvalue weighted by Gasteiger charge is -2.03. The second-order valence-electron chi connectivity index (χ2n) is 3.28. The molecule has 0 aromatic carbocycles. The van der Waals surface area contributed by atoms with E-state index in [1.54, 1.807) is 11.4 Å². The van der Waals surface area contributed by atoms with Gasteiger partial charge in [0.1, 0.15) is 10.7 Å². The molecule has 1 amide bonds. The number of nitrogens with one attached hydrogen (secondary N) is 1. The van der Waals surface area contributed by atoms with Crippen molar-refractivity contribution >= 4 is 40.6 Å². The van der Waals surface area contributed by atoms with Crippen molar-refractivity contribution in [2.75, 3.05) is 5.32 Å². The lowest BCUT2D eigenvalue weighted by Crippen LogP contribution is -2.15. The van der Waals surface area contributed by atoms with Crippen molar-refractivity contribution < 1.29 is 14.7 Å². The minimum Gasteiger partial charge on any atom is -0.477 e. The van der Waals surface area contributed by atoms with E-state index in [9.17, 15) is 9.59 Å². The average molecular weight is 283 g/mol. The van der Waals surface area contributed by atoms with E-state index in [0.29, 0.717) is 10.8 Å². The topological polar surface area (TPSA) is 79.3 Å². The number of halogens is 1. The number of carbonyl (C=O) groups excluding carboxylic acids is 1. The second kappa shape index (κ2) is 5.16. The van der Waals surface area contributed by atoms with Crippen molar-refractivity contribution in [2.45, 2.75) is 0 Å². The van der Waals surface area contributed by atoms with E-state index in [1.807, 2.05) is 0 Å². The number of carboxylic acids is 1. The molecular formula is C11H7ClN2O3S. The van der Waals surface area contributed by atoms with E-state index in [4.69, 9.17) is 16.7 Å². The van der Waals surface area contributed by atoms with Crippen LogP contribution in [0.3, 0.4) is 0 Å². The number of carbonyl (C=O) groups is 2. The van der Waals surface area contributed by atoms with Gasteiger partial charge in [0.05, 0.1) is 10.6 Å². The number of pyridine rings is 1. The van der Waals surface area contributed by atoms with Crippen molar-refractivity contribution in [3.8, 4) is 0 Å². The van der Waals surface area contributed by atoms with Gasteiger partial charge in [-0.15, -0.1) is 11.3 Å². The molecule has 0 spiro atoms. The second-order valence-corrected chi connectivity index (χ2v) is 4.64. The number of amides is 1. The molecule has 0 bridgehead atoms. The predicted octanol–water partition coefficient (Wildman–Crippen LogP) is 2.75. The third kappa shape index (κ3) is 2.66. The van der Waals surface area contributed by atoms with E-state index in [2.05, 4.69) is 10.3 Å². The Balaban J connectivity index is 2.19. The summed E-state index contributed by atoms with van der Waals surface area (Å²) in [4.78, 5) is 26.6. The van der Waals surface area contributed by atoms with Gasteiger partial charge in [0, 0.05) is 6.20 Å². The fourth-order valence-corrected chi connectivity index (χ4v) is 2.13. The number of carboxylic acid groups (broad SMARTS) is 1. The third-order valence-electron chi connectivity index (χ3n) is 2.07. The number of aromatic carboxylic acids is 1. The summed E-state index contributed by atoms with van der Waals surface area (Å²) in [7, 11) is 0. The zero-order chi connectivity index (χ0) is 13.1. The number of nitrogens with zero attached hydrogens (tertiary/aromatic N) is 1. The van der Waals surface area contributed by atoms with Crippen LogP contribution in [0.2, 0.25) is 5.02 Å². The van der Waals surface area contributed by atoms with Gasteiger partial charge in [-0.2, -0.15) is 0 Å². The van der Waals surface area contributed by atoms with Crippen molar-refractivity contribution in [1.29, 1.82) is 0 Å². The van der Waals surface area contributed by atoms with Gasteiger partial charge in [0.15, 0.2) is 0 Å². The zero-order valence-electron chi connectivity index (χ0n) is 8.88. The zero-order valence-corrected chi connectivity index (χ0v) is 10.5. The summed E-state index contributed by atoms with van der Waals surface area (Å²) in [6, 6.07) is 4.57. The number of hydrogen-bond donors (Lipinski definition) is 2. The Morgan fingerprint density at radius 1 is 1.33 bits per heavy atom. The molecule has 2 rings (SSSR count). The van der Waals surface area contributed by atoms with Crippen LogP contribution in [0.5, 0.6) is 0 Å². The number of aromatic nitrogens is 1. The van der Waals surface area contributed by atoms with Gasteiger partial charge in [-0.3, -0.25) is 4.79 Å². The molecule has 18 heavy (non-hydrogen) atoms. The summed E-state index contributed by atoms with van der Waals surface area (Å²) in [5.74, 6) is -1.32. The van der Waals surface area contributed by atoms with E-state index in [1.165, 1.54) is 18.3 Å². The number of thiophene rings is 1. The van der Waals surface area contributed by atoms with Crippen LogP contribution in [0.15, 0.2) is 29.8 Å². The van der Waals surface area contributed by atoms with E-state index in [0.717, 1.165) is 11.3 Å². The molecule has 0 saturated carbocycles. The van der Waals surface area contributed by atoms with Crippen LogP contribution in [0.1, 0.15) is 20.0 Å². The Labute approximate surface area is 111 Å². The van der Waals surface area contributed by atoms with Gasteiger partial charge >= 0.3 is 5.97 Å². The van der Waals surface area contributed by atoms with Crippen molar-refractivity contribution in [3.05, 3.63) is 45.2 Å². The van der Waals surface area contributed by atoms with Crippen LogP contribution in [0.25, 0.3) is 0 Å². The largest absolute Gasteiger partial charge is 0.477 e. The smallest absolute Gasteiger partial charge is 0.346 e. The van der Waals surface area contributed by atoms with Crippen molar-refractivity contribution in [3.63, 3.8) is 0 Å². The SMILES string of the molecule is O=C(Nc1ccc(Cl)cn1)c1ccsc1C(=O)O. The lowest BCUT2D eigenvalue weighted by molar-refractivity contribution is 0.0698. The molecule has 2 heterocycles. The number of anilines is 1. The van der Waals surface area contributed by atoms with Gasteiger partial charge in [-0.25, -0.2) is 9.78 Å². The highest BCUT2D eigenvalue weighted by molar-refractivity contribution is 7.12. The molecule has 0 unspecified atom stereocenters. The first-order chi connectivity index (χ1) is 8.58. The first kappa shape index (κ1) is 12.5. The van der Waals surface area contributed by atoms with Crippen LogP contribution in [0, 0.1) is 0 Å². The first-order valence-electron chi connectivity index (χ1n) is 4.81. The molecule has 2 aromatic heterocycles. The van der Waals surface area contributed by atoms with Gasteiger partial charge in [-0.1, -0.05) is 11.6 Å². The molecule has 2 aromatic rings. The summed E-state index contributed by atoms with van der Waals surface area (Å²) in [6.45, 7) is 0. The van der Waals surface area contributed by atoms with Gasteiger partial charge in [-0.05, 0) is 23.6 Å². The molecule has 0 aliphatic heterocycles. The maximum atomic E-state index is 11.8. The Morgan fingerprint density at radius 3 is 2.72 bits per heavy atom. The summed E-state index contributed by atoms with van der Waals surface area (Å²) in [6.07, 6.45) is 1.39. The number of rotatable bonds is 3. The quantitative estimate of drug-likeness (QED) is 0.907. The molecule has 92 valence electrons. The van der Waals surface area contributed by atoms with Gasteiger partial charge < -0.3 is 10.4 Å². The number of hydrogen-bond acceptors (Lipinski definition) is 4. The Bertz CT molecular complexity index is 595. The molecule has 0 atom stereocenters. The molecule has 7 heteroatoms. The fourth-order valence-electron chi connectivity index (χ4n) is 1.29. The standard InChI is InChI=1S/C11H7ClN2O3S/c12-6-1-2-8(13-5-6)14-10(15)7-3-4-18-9(7)11(16)17/h1-5H,(H,16,17)(H,13,14,15). The van der Waals surface area contributed by atoms with Crippen LogP contribution >= 0.6 is 22.9 Å². The van der Waals surface area contributed by atoms with Crippen molar-refractivity contribution in [1.82, 2.24) is 4.98 Å². The monoisotopic (exact) mass is 282 g/mol. The Hall–Kier alpha value is -1.92. The maximum absolute atomic E-state index is 11.8. The highest BCUT2D eigenvalue weighted by Gasteiger charge is 2.18. The predicted molar refractivity (Wildman–Crippen MR) is 68.5 cm³/mol. The fraction of sp³-hybridized carbons (Fsp3) is 0. The van der Waals surface area contributed by atoms with Gasteiger partial charge in [0.25, 0.3) is 5.91 Å². The van der Waals surface area contributed by atoms with Crippen LogP contribution in [-0.4, -0.2) is 22.0 Å². The lowest BCUT2D eigenvalue weighted by atomic mass is 10.2. The Kier molecular flexibility index (Phi) is 3.59. The van der Waals surface area contributed by atoms with Gasteiger partial charge in [0.2, 0.25) is 0 Å². The maximum Gasteiger partial charge on any atom is 0.346 e.